The van der Waals surface area contributed by atoms with Crippen molar-refractivity contribution in [3.8, 4) is 5.75 Å². The minimum absolute atomic E-state index is 0.0623. The summed E-state index contributed by atoms with van der Waals surface area (Å²) in [4.78, 5) is 14.0. The quantitative estimate of drug-likeness (QED) is 0.272. The van der Waals surface area contributed by atoms with Crippen molar-refractivity contribution in [1.29, 1.82) is 0 Å². The van der Waals surface area contributed by atoms with Crippen LogP contribution < -0.4 is 10.6 Å². The Hall–Kier alpha value is -3.36. The lowest BCUT2D eigenvalue weighted by Crippen LogP contribution is -2.29. The molecule has 0 fully saturated rings. The van der Waals surface area contributed by atoms with Gasteiger partial charge in [0.2, 0.25) is 5.95 Å². The van der Waals surface area contributed by atoms with Crippen LogP contribution in [0.1, 0.15) is 38.3 Å². The fourth-order valence-electron chi connectivity index (χ4n) is 3.92. The zero-order chi connectivity index (χ0) is 24.3. The van der Waals surface area contributed by atoms with Gasteiger partial charge in [-0.3, -0.25) is 0 Å². The molecule has 2 aromatic carbocycles. The SMILES string of the molecule is CC(CC(C)(C)O)Nc1nc(NCc2cc(Cl)ccc2O)c2ncn(Cc3ccccc3)c2n1. The normalized spacial score (nSPS) is 12.6. The molecule has 0 spiro atoms. The van der Waals surface area contributed by atoms with Gasteiger partial charge in [-0.15, -0.1) is 0 Å². The molecule has 0 aliphatic heterocycles. The first-order valence-corrected chi connectivity index (χ1v) is 11.5. The number of aromatic nitrogens is 4. The molecule has 1 unspecified atom stereocenters. The minimum atomic E-state index is -0.823. The molecule has 0 bridgehead atoms. The summed E-state index contributed by atoms with van der Waals surface area (Å²) in [5.74, 6) is 1.11. The van der Waals surface area contributed by atoms with Crippen LogP contribution in [0.3, 0.4) is 0 Å². The summed E-state index contributed by atoms with van der Waals surface area (Å²) in [7, 11) is 0. The average molecular weight is 481 g/mol. The predicted molar refractivity (Wildman–Crippen MR) is 135 cm³/mol. The monoisotopic (exact) mass is 480 g/mol. The smallest absolute Gasteiger partial charge is 0.226 e. The van der Waals surface area contributed by atoms with Crippen LogP contribution in [0.5, 0.6) is 5.75 Å². The molecule has 2 heterocycles. The van der Waals surface area contributed by atoms with Crippen molar-refractivity contribution in [3.05, 3.63) is 71.0 Å². The summed E-state index contributed by atoms with van der Waals surface area (Å²) in [6, 6.07) is 14.9. The molecule has 4 N–H and O–H groups in total. The summed E-state index contributed by atoms with van der Waals surface area (Å²) >= 11 is 6.10. The second kappa shape index (κ2) is 9.87. The van der Waals surface area contributed by atoms with Crippen molar-refractivity contribution < 1.29 is 10.2 Å². The lowest BCUT2D eigenvalue weighted by atomic mass is 10.0. The van der Waals surface area contributed by atoms with Crippen LogP contribution in [0.4, 0.5) is 11.8 Å². The number of rotatable bonds is 9. The Morgan fingerprint density at radius 1 is 1.12 bits per heavy atom. The first kappa shape index (κ1) is 23.8. The van der Waals surface area contributed by atoms with Gasteiger partial charge in [0.05, 0.1) is 18.5 Å². The lowest BCUT2D eigenvalue weighted by molar-refractivity contribution is 0.0672. The molecule has 4 aromatic rings. The Kier molecular flexibility index (Phi) is 6.90. The van der Waals surface area contributed by atoms with E-state index in [-0.39, 0.29) is 11.8 Å². The van der Waals surface area contributed by atoms with Gasteiger partial charge in [0.15, 0.2) is 17.0 Å². The van der Waals surface area contributed by atoms with Crippen LogP contribution in [-0.2, 0) is 13.1 Å². The van der Waals surface area contributed by atoms with Gasteiger partial charge in [-0.25, -0.2) is 4.98 Å². The highest BCUT2D eigenvalue weighted by Crippen LogP contribution is 2.26. The standard InChI is InChI=1S/C25H29ClN6O2/c1-16(12-25(2,3)34)29-24-30-22(27-13-18-11-19(26)9-10-20(18)33)21-23(31-24)32(15-28-21)14-17-7-5-4-6-8-17/h4-11,15-16,33-34H,12-14H2,1-3H3,(H2,27,29,30,31). The third-order valence-corrected chi connectivity index (χ3v) is 5.56. The van der Waals surface area contributed by atoms with E-state index in [0.717, 1.165) is 5.56 Å². The summed E-state index contributed by atoms with van der Waals surface area (Å²) < 4.78 is 1.97. The van der Waals surface area contributed by atoms with E-state index in [2.05, 4.69) is 32.7 Å². The fourth-order valence-corrected chi connectivity index (χ4v) is 4.12. The highest BCUT2D eigenvalue weighted by atomic mass is 35.5. The molecule has 1 atom stereocenters. The van der Waals surface area contributed by atoms with Gasteiger partial charge < -0.3 is 25.4 Å². The largest absolute Gasteiger partial charge is 0.508 e. The molecular weight excluding hydrogens is 452 g/mol. The molecule has 0 amide bonds. The average Bonchev–Trinajstić information content (AvgIpc) is 3.16. The number of halogens is 1. The summed E-state index contributed by atoms with van der Waals surface area (Å²) in [5.41, 5.74) is 2.25. The Morgan fingerprint density at radius 2 is 1.88 bits per heavy atom. The topological polar surface area (TPSA) is 108 Å². The summed E-state index contributed by atoms with van der Waals surface area (Å²) in [6.07, 6.45) is 2.27. The maximum absolute atomic E-state index is 10.2. The molecule has 34 heavy (non-hydrogen) atoms. The van der Waals surface area contributed by atoms with Gasteiger partial charge in [-0.1, -0.05) is 41.9 Å². The van der Waals surface area contributed by atoms with Gasteiger partial charge in [0, 0.05) is 23.2 Å². The van der Waals surface area contributed by atoms with E-state index in [1.807, 2.05) is 29.7 Å². The van der Waals surface area contributed by atoms with Crippen molar-refractivity contribution in [2.45, 2.75) is 51.9 Å². The Balaban J connectivity index is 1.68. The van der Waals surface area contributed by atoms with Gasteiger partial charge in [0.25, 0.3) is 0 Å². The number of fused-ring (bicyclic) bond motifs is 1. The van der Waals surface area contributed by atoms with E-state index in [4.69, 9.17) is 16.6 Å². The van der Waals surface area contributed by atoms with Gasteiger partial charge in [-0.05, 0) is 51.0 Å². The van der Waals surface area contributed by atoms with E-state index in [9.17, 15) is 10.2 Å². The molecule has 9 heteroatoms. The first-order chi connectivity index (χ1) is 16.2. The highest BCUT2D eigenvalue weighted by Gasteiger charge is 2.20. The van der Waals surface area contributed by atoms with Crippen molar-refractivity contribution in [1.82, 2.24) is 19.5 Å². The fraction of sp³-hybridized carbons (Fsp3) is 0.320. The Labute approximate surface area is 203 Å². The number of imidazole rings is 1. The van der Waals surface area contributed by atoms with Crippen LogP contribution in [0.2, 0.25) is 5.02 Å². The lowest BCUT2D eigenvalue weighted by Gasteiger charge is -2.23. The second-order valence-corrected chi connectivity index (χ2v) is 9.55. The zero-order valence-electron chi connectivity index (χ0n) is 19.5. The third-order valence-electron chi connectivity index (χ3n) is 5.33. The number of anilines is 2. The van der Waals surface area contributed by atoms with Crippen LogP contribution in [-0.4, -0.2) is 41.4 Å². The van der Waals surface area contributed by atoms with Crippen molar-refractivity contribution in [2.24, 2.45) is 0 Å². The second-order valence-electron chi connectivity index (χ2n) is 9.11. The van der Waals surface area contributed by atoms with Gasteiger partial charge >= 0.3 is 0 Å². The summed E-state index contributed by atoms with van der Waals surface area (Å²) in [6.45, 7) is 6.44. The molecule has 0 saturated carbocycles. The number of hydrogen-bond donors (Lipinski definition) is 4. The van der Waals surface area contributed by atoms with Crippen molar-refractivity contribution in [2.75, 3.05) is 10.6 Å². The molecule has 0 aliphatic rings. The maximum Gasteiger partial charge on any atom is 0.226 e. The number of aromatic hydroxyl groups is 1. The van der Waals surface area contributed by atoms with Crippen LogP contribution >= 0.6 is 11.6 Å². The number of nitrogens with zero attached hydrogens (tertiary/aromatic N) is 4. The number of phenolic OH excluding ortho intramolecular Hbond substituents is 1. The highest BCUT2D eigenvalue weighted by molar-refractivity contribution is 6.30. The number of nitrogens with one attached hydrogen (secondary N) is 2. The zero-order valence-corrected chi connectivity index (χ0v) is 20.2. The Morgan fingerprint density at radius 3 is 2.62 bits per heavy atom. The number of hydrogen-bond acceptors (Lipinski definition) is 7. The van der Waals surface area contributed by atoms with Crippen LogP contribution in [0.15, 0.2) is 54.9 Å². The number of benzene rings is 2. The van der Waals surface area contributed by atoms with Crippen molar-refractivity contribution >= 4 is 34.5 Å². The van der Waals surface area contributed by atoms with Crippen LogP contribution in [0.25, 0.3) is 11.2 Å². The van der Waals surface area contributed by atoms with E-state index in [0.29, 0.717) is 53.0 Å². The molecule has 0 saturated heterocycles. The molecule has 2 aromatic heterocycles. The van der Waals surface area contributed by atoms with E-state index in [1.165, 1.54) is 0 Å². The third kappa shape index (κ3) is 5.95. The molecular formula is C25H29ClN6O2. The number of aliphatic hydroxyl groups is 1. The first-order valence-electron chi connectivity index (χ1n) is 11.1. The van der Waals surface area contributed by atoms with Crippen molar-refractivity contribution in [3.63, 3.8) is 0 Å². The predicted octanol–water partition coefficient (Wildman–Crippen LogP) is 4.81. The molecule has 0 aliphatic carbocycles. The molecule has 8 nitrogen and oxygen atoms in total. The molecule has 0 radical (unpaired) electrons. The van der Waals surface area contributed by atoms with Gasteiger partial charge in [-0.2, -0.15) is 9.97 Å². The van der Waals surface area contributed by atoms with E-state index in [1.54, 1.807) is 38.4 Å². The van der Waals surface area contributed by atoms with E-state index < -0.39 is 5.60 Å². The number of phenols is 1. The van der Waals surface area contributed by atoms with Crippen LogP contribution in [0, 0.1) is 0 Å². The van der Waals surface area contributed by atoms with Gasteiger partial charge in [0.1, 0.15) is 5.75 Å². The Bertz CT molecular complexity index is 1270. The summed E-state index contributed by atoms with van der Waals surface area (Å²) in [5, 5.41) is 27.5. The maximum atomic E-state index is 10.2. The molecule has 178 valence electrons. The minimum Gasteiger partial charge on any atom is -0.508 e. The van der Waals surface area contributed by atoms with E-state index >= 15 is 0 Å². The molecule has 4 rings (SSSR count).